The Hall–Kier alpha value is -1.12. The van der Waals surface area contributed by atoms with Crippen molar-refractivity contribution < 1.29 is 9.84 Å². The first-order valence-electron chi connectivity index (χ1n) is 5.81. The molecular weight excluding hydrogens is 200 g/mol. The molecule has 0 amide bonds. The summed E-state index contributed by atoms with van der Waals surface area (Å²) >= 11 is 0. The molecule has 1 aromatic carbocycles. The van der Waals surface area contributed by atoms with Gasteiger partial charge in [-0.05, 0) is 24.3 Å². The Kier molecular flexibility index (Phi) is 4.14. The minimum atomic E-state index is -0.279. The van der Waals surface area contributed by atoms with Crippen molar-refractivity contribution in [3.05, 3.63) is 48.0 Å². The molecule has 2 atom stereocenters. The second kappa shape index (κ2) is 5.83. The highest BCUT2D eigenvalue weighted by atomic mass is 16.5. The van der Waals surface area contributed by atoms with Gasteiger partial charge in [-0.25, -0.2) is 0 Å². The molecule has 2 heteroatoms. The number of hydrogen-bond acceptors (Lipinski definition) is 2. The molecule has 2 rings (SSSR count). The van der Waals surface area contributed by atoms with Crippen LogP contribution in [0.2, 0.25) is 0 Å². The van der Waals surface area contributed by atoms with Crippen LogP contribution in [0.15, 0.2) is 42.5 Å². The minimum Gasteiger partial charge on any atom is -0.389 e. The largest absolute Gasteiger partial charge is 0.389 e. The highest BCUT2D eigenvalue weighted by Gasteiger charge is 2.15. The average Bonchev–Trinajstić information content (AvgIpc) is 2.30. The maximum absolute atomic E-state index is 9.45. The molecule has 0 saturated heterocycles. The van der Waals surface area contributed by atoms with Crippen molar-refractivity contribution in [2.24, 2.45) is 5.92 Å². The third-order valence-corrected chi connectivity index (χ3v) is 2.87. The van der Waals surface area contributed by atoms with E-state index in [4.69, 9.17) is 4.74 Å². The lowest BCUT2D eigenvalue weighted by atomic mass is 9.93. The van der Waals surface area contributed by atoms with Crippen LogP contribution in [0.1, 0.15) is 18.4 Å². The predicted molar refractivity (Wildman–Crippen MR) is 64.0 cm³/mol. The fourth-order valence-corrected chi connectivity index (χ4v) is 2.00. The summed E-state index contributed by atoms with van der Waals surface area (Å²) < 4.78 is 5.66. The van der Waals surface area contributed by atoms with Gasteiger partial charge in [-0.1, -0.05) is 42.5 Å². The summed E-state index contributed by atoms with van der Waals surface area (Å²) in [6, 6.07) is 10.2. The van der Waals surface area contributed by atoms with Crippen LogP contribution in [-0.4, -0.2) is 17.8 Å². The third-order valence-electron chi connectivity index (χ3n) is 2.87. The van der Waals surface area contributed by atoms with Crippen LogP contribution in [0, 0.1) is 5.92 Å². The highest BCUT2D eigenvalue weighted by Crippen LogP contribution is 2.19. The van der Waals surface area contributed by atoms with E-state index in [1.807, 2.05) is 30.4 Å². The van der Waals surface area contributed by atoms with Crippen molar-refractivity contribution in [2.75, 3.05) is 6.61 Å². The standard InChI is InChI=1S/C14H18O2/c15-14-8-4-7-13(9-14)11-16-10-12-5-2-1-3-6-12/h1-6,8,13-15H,7,9-11H2/t13-,14+/m1/s1. The predicted octanol–water partition coefficient (Wildman–Crippen LogP) is 2.53. The maximum Gasteiger partial charge on any atom is 0.0724 e. The van der Waals surface area contributed by atoms with Gasteiger partial charge in [0.1, 0.15) is 0 Å². The van der Waals surface area contributed by atoms with Crippen LogP contribution in [0.4, 0.5) is 0 Å². The summed E-state index contributed by atoms with van der Waals surface area (Å²) in [7, 11) is 0. The molecule has 0 heterocycles. The zero-order chi connectivity index (χ0) is 11.2. The molecule has 1 aromatic rings. The molecule has 1 aliphatic rings. The lowest BCUT2D eigenvalue weighted by Gasteiger charge is -2.21. The number of ether oxygens (including phenoxy) is 1. The maximum atomic E-state index is 9.45. The highest BCUT2D eigenvalue weighted by molar-refractivity contribution is 5.13. The van der Waals surface area contributed by atoms with Crippen LogP contribution in [-0.2, 0) is 11.3 Å². The number of hydrogen-bond donors (Lipinski definition) is 1. The Bertz CT molecular complexity index is 332. The average molecular weight is 218 g/mol. The van der Waals surface area contributed by atoms with E-state index in [2.05, 4.69) is 12.1 Å². The second-order valence-electron chi connectivity index (χ2n) is 4.33. The first kappa shape index (κ1) is 11.4. The third kappa shape index (κ3) is 3.47. The summed E-state index contributed by atoms with van der Waals surface area (Å²) in [6.07, 6.45) is 5.48. The Balaban J connectivity index is 1.70. The van der Waals surface area contributed by atoms with Crippen molar-refractivity contribution in [1.29, 1.82) is 0 Å². The van der Waals surface area contributed by atoms with Crippen molar-refractivity contribution in [1.82, 2.24) is 0 Å². The van der Waals surface area contributed by atoms with E-state index >= 15 is 0 Å². The molecule has 16 heavy (non-hydrogen) atoms. The smallest absolute Gasteiger partial charge is 0.0724 e. The fourth-order valence-electron chi connectivity index (χ4n) is 2.00. The topological polar surface area (TPSA) is 29.5 Å². The van der Waals surface area contributed by atoms with E-state index in [1.165, 1.54) is 5.56 Å². The number of allylic oxidation sites excluding steroid dienone is 1. The molecule has 1 aliphatic carbocycles. The number of aliphatic hydroxyl groups excluding tert-OH is 1. The Morgan fingerprint density at radius 2 is 2.06 bits per heavy atom. The van der Waals surface area contributed by atoms with Gasteiger partial charge in [0, 0.05) is 0 Å². The van der Waals surface area contributed by atoms with Gasteiger partial charge in [0.15, 0.2) is 0 Å². The molecule has 0 radical (unpaired) electrons. The Morgan fingerprint density at radius 1 is 1.25 bits per heavy atom. The molecule has 2 nitrogen and oxygen atoms in total. The minimum absolute atomic E-state index is 0.279. The monoisotopic (exact) mass is 218 g/mol. The van der Waals surface area contributed by atoms with E-state index in [0.29, 0.717) is 12.5 Å². The van der Waals surface area contributed by atoms with E-state index in [-0.39, 0.29) is 6.10 Å². The van der Waals surface area contributed by atoms with Crippen molar-refractivity contribution >= 4 is 0 Å². The molecule has 0 spiro atoms. The lowest BCUT2D eigenvalue weighted by molar-refractivity contribution is 0.0654. The first-order valence-corrected chi connectivity index (χ1v) is 5.81. The van der Waals surface area contributed by atoms with E-state index in [0.717, 1.165) is 19.4 Å². The number of rotatable bonds is 4. The van der Waals surface area contributed by atoms with Gasteiger partial charge in [-0.3, -0.25) is 0 Å². The van der Waals surface area contributed by atoms with Crippen molar-refractivity contribution in [3.63, 3.8) is 0 Å². The van der Waals surface area contributed by atoms with Crippen LogP contribution in [0.5, 0.6) is 0 Å². The van der Waals surface area contributed by atoms with Gasteiger partial charge in [0.2, 0.25) is 0 Å². The Morgan fingerprint density at radius 3 is 2.81 bits per heavy atom. The summed E-state index contributed by atoms with van der Waals surface area (Å²) in [5.41, 5.74) is 1.20. The van der Waals surface area contributed by atoms with Crippen molar-refractivity contribution in [2.45, 2.75) is 25.6 Å². The first-order chi connectivity index (χ1) is 7.84. The number of benzene rings is 1. The van der Waals surface area contributed by atoms with Crippen LogP contribution in [0.3, 0.4) is 0 Å². The molecule has 0 aliphatic heterocycles. The zero-order valence-electron chi connectivity index (χ0n) is 9.38. The SMILES string of the molecule is O[C@H]1C=CC[C@@H](COCc2ccccc2)C1. The van der Waals surface area contributed by atoms with Gasteiger partial charge < -0.3 is 9.84 Å². The van der Waals surface area contributed by atoms with Crippen LogP contribution in [0.25, 0.3) is 0 Å². The molecule has 0 aromatic heterocycles. The molecule has 0 saturated carbocycles. The van der Waals surface area contributed by atoms with Crippen LogP contribution < -0.4 is 0 Å². The van der Waals surface area contributed by atoms with E-state index in [9.17, 15) is 5.11 Å². The second-order valence-corrected chi connectivity index (χ2v) is 4.33. The lowest BCUT2D eigenvalue weighted by Crippen LogP contribution is -2.19. The molecular formula is C14H18O2. The van der Waals surface area contributed by atoms with E-state index in [1.54, 1.807) is 0 Å². The quantitative estimate of drug-likeness (QED) is 0.787. The van der Waals surface area contributed by atoms with Gasteiger partial charge in [0.25, 0.3) is 0 Å². The molecule has 86 valence electrons. The summed E-state index contributed by atoms with van der Waals surface area (Å²) in [5, 5.41) is 9.45. The van der Waals surface area contributed by atoms with Gasteiger partial charge in [-0.15, -0.1) is 0 Å². The summed E-state index contributed by atoms with van der Waals surface area (Å²) in [4.78, 5) is 0. The fraction of sp³-hybridized carbons (Fsp3) is 0.429. The van der Waals surface area contributed by atoms with Gasteiger partial charge in [0.05, 0.1) is 19.3 Å². The molecule has 0 unspecified atom stereocenters. The number of aliphatic hydroxyl groups is 1. The van der Waals surface area contributed by atoms with Gasteiger partial charge >= 0.3 is 0 Å². The normalized spacial score (nSPS) is 24.6. The zero-order valence-corrected chi connectivity index (χ0v) is 9.38. The summed E-state index contributed by atoms with van der Waals surface area (Å²) in [6.45, 7) is 1.40. The molecule has 1 N–H and O–H groups in total. The van der Waals surface area contributed by atoms with Crippen molar-refractivity contribution in [3.8, 4) is 0 Å². The van der Waals surface area contributed by atoms with Gasteiger partial charge in [-0.2, -0.15) is 0 Å². The molecule has 0 fully saturated rings. The van der Waals surface area contributed by atoms with Crippen LogP contribution >= 0.6 is 0 Å². The Labute approximate surface area is 96.6 Å². The molecule has 0 bridgehead atoms. The summed E-state index contributed by atoms with van der Waals surface area (Å²) in [5.74, 6) is 0.462. The van der Waals surface area contributed by atoms with E-state index < -0.39 is 0 Å².